The number of ether oxygens (including phenoxy) is 1. The molecule has 0 amide bonds. The fraction of sp³-hybridized carbons (Fsp3) is 1.00. The van der Waals surface area contributed by atoms with Crippen LogP contribution in [-0.4, -0.2) is 25.8 Å². The van der Waals surface area contributed by atoms with Crippen LogP contribution in [0.2, 0.25) is 0 Å². The Labute approximate surface area is 88.4 Å². The standard InChI is InChI=1S/C12H25NO/c1-4-6-11(7-5-2)8-12(14-3)9-13-10-12/h11,13H,4-10H2,1-3H3. The second kappa shape index (κ2) is 5.72. The van der Waals surface area contributed by atoms with Crippen molar-refractivity contribution in [2.75, 3.05) is 20.2 Å². The summed E-state index contributed by atoms with van der Waals surface area (Å²) < 4.78 is 5.63. The average Bonchev–Trinajstić information content (AvgIpc) is 2.12. The molecule has 2 heteroatoms. The molecule has 0 aliphatic carbocycles. The summed E-state index contributed by atoms with van der Waals surface area (Å²) in [5, 5.41) is 3.32. The van der Waals surface area contributed by atoms with Crippen LogP contribution in [0.3, 0.4) is 0 Å². The summed E-state index contributed by atoms with van der Waals surface area (Å²) in [5.41, 5.74) is 0.176. The van der Waals surface area contributed by atoms with E-state index in [1.807, 2.05) is 7.11 Å². The molecular weight excluding hydrogens is 174 g/mol. The zero-order chi connectivity index (χ0) is 10.4. The highest BCUT2D eigenvalue weighted by molar-refractivity contribution is 4.95. The predicted molar refractivity (Wildman–Crippen MR) is 60.5 cm³/mol. The van der Waals surface area contributed by atoms with Gasteiger partial charge in [-0.05, 0) is 12.3 Å². The summed E-state index contributed by atoms with van der Waals surface area (Å²) in [5.74, 6) is 0.868. The van der Waals surface area contributed by atoms with E-state index in [0.29, 0.717) is 0 Å². The Morgan fingerprint density at radius 2 is 1.79 bits per heavy atom. The van der Waals surface area contributed by atoms with Crippen molar-refractivity contribution in [1.82, 2.24) is 5.32 Å². The van der Waals surface area contributed by atoms with Crippen LogP contribution in [0.4, 0.5) is 0 Å². The molecule has 0 radical (unpaired) electrons. The number of nitrogens with one attached hydrogen (secondary N) is 1. The van der Waals surface area contributed by atoms with Crippen molar-refractivity contribution in [2.45, 2.75) is 51.6 Å². The number of rotatable bonds is 7. The van der Waals surface area contributed by atoms with E-state index in [1.165, 1.54) is 32.1 Å². The summed E-state index contributed by atoms with van der Waals surface area (Å²) in [7, 11) is 1.86. The van der Waals surface area contributed by atoms with Crippen molar-refractivity contribution in [1.29, 1.82) is 0 Å². The third kappa shape index (κ3) is 2.96. The van der Waals surface area contributed by atoms with E-state index < -0.39 is 0 Å². The lowest BCUT2D eigenvalue weighted by Crippen LogP contribution is -2.61. The molecule has 0 aromatic rings. The summed E-state index contributed by atoms with van der Waals surface area (Å²) in [6.45, 7) is 6.66. The maximum Gasteiger partial charge on any atom is 0.0928 e. The molecule has 1 heterocycles. The van der Waals surface area contributed by atoms with E-state index in [0.717, 1.165) is 19.0 Å². The Balaban J connectivity index is 2.36. The average molecular weight is 199 g/mol. The van der Waals surface area contributed by atoms with Gasteiger partial charge in [-0.25, -0.2) is 0 Å². The summed E-state index contributed by atoms with van der Waals surface area (Å²) in [6.07, 6.45) is 6.58. The second-order valence-electron chi connectivity index (χ2n) is 4.64. The number of hydrogen-bond donors (Lipinski definition) is 1. The van der Waals surface area contributed by atoms with Gasteiger partial charge in [0.15, 0.2) is 0 Å². The molecule has 0 bridgehead atoms. The zero-order valence-electron chi connectivity index (χ0n) is 9.94. The van der Waals surface area contributed by atoms with Crippen molar-refractivity contribution >= 4 is 0 Å². The van der Waals surface area contributed by atoms with E-state index in [-0.39, 0.29) is 5.60 Å². The predicted octanol–water partition coefficient (Wildman–Crippen LogP) is 2.58. The van der Waals surface area contributed by atoms with Crippen LogP contribution in [0, 0.1) is 5.92 Å². The first-order valence-electron chi connectivity index (χ1n) is 6.02. The van der Waals surface area contributed by atoms with Gasteiger partial charge in [-0.1, -0.05) is 39.5 Å². The monoisotopic (exact) mass is 199 g/mol. The van der Waals surface area contributed by atoms with E-state index in [9.17, 15) is 0 Å². The smallest absolute Gasteiger partial charge is 0.0928 e. The lowest BCUT2D eigenvalue weighted by molar-refractivity contribution is -0.0691. The molecule has 1 aliphatic rings. The first kappa shape index (κ1) is 12.0. The van der Waals surface area contributed by atoms with Gasteiger partial charge < -0.3 is 10.1 Å². The van der Waals surface area contributed by atoms with Crippen LogP contribution in [0.25, 0.3) is 0 Å². The normalized spacial score (nSPS) is 19.7. The molecule has 1 aliphatic heterocycles. The number of methoxy groups -OCH3 is 1. The Hall–Kier alpha value is -0.0800. The van der Waals surface area contributed by atoms with Crippen molar-refractivity contribution in [3.8, 4) is 0 Å². The largest absolute Gasteiger partial charge is 0.376 e. The van der Waals surface area contributed by atoms with Crippen LogP contribution < -0.4 is 5.32 Å². The highest BCUT2D eigenvalue weighted by Crippen LogP contribution is 2.29. The van der Waals surface area contributed by atoms with Crippen molar-refractivity contribution < 1.29 is 4.74 Å². The topological polar surface area (TPSA) is 21.3 Å². The van der Waals surface area contributed by atoms with Gasteiger partial charge >= 0.3 is 0 Å². The van der Waals surface area contributed by atoms with Crippen LogP contribution in [0.1, 0.15) is 46.0 Å². The van der Waals surface area contributed by atoms with E-state index >= 15 is 0 Å². The number of hydrogen-bond acceptors (Lipinski definition) is 2. The maximum absolute atomic E-state index is 5.63. The van der Waals surface area contributed by atoms with E-state index in [4.69, 9.17) is 4.74 Å². The molecule has 1 fully saturated rings. The molecule has 0 spiro atoms. The molecule has 0 unspecified atom stereocenters. The lowest BCUT2D eigenvalue weighted by atomic mass is 9.81. The van der Waals surface area contributed by atoms with Gasteiger partial charge in [0.1, 0.15) is 0 Å². The van der Waals surface area contributed by atoms with E-state index in [1.54, 1.807) is 0 Å². The minimum Gasteiger partial charge on any atom is -0.376 e. The van der Waals surface area contributed by atoms with Crippen LogP contribution in [0.15, 0.2) is 0 Å². The second-order valence-corrected chi connectivity index (χ2v) is 4.64. The Morgan fingerprint density at radius 1 is 1.21 bits per heavy atom. The molecule has 1 N–H and O–H groups in total. The lowest BCUT2D eigenvalue weighted by Gasteiger charge is -2.43. The molecule has 1 saturated heterocycles. The van der Waals surface area contributed by atoms with Crippen molar-refractivity contribution in [3.05, 3.63) is 0 Å². The van der Waals surface area contributed by atoms with Gasteiger partial charge in [-0.15, -0.1) is 0 Å². The molecule has 1 rings (SSSR count). The third-order valence-corrected chi connectivity index (χ3v) is 3.38. The molecule has 84 valence electrons. The zero-order valence-corrected chi connectivity index (χ0v) is 9.94. The third-order valence-electron chi connectivity index (χ3n) is 3.38. The van der Waals surface area contributed by atoms with Gasteiger partial charge in [0, 0.05) is 20.2 Å². The quantitative estimate of drug-likeness (QED) is 0.680. The molecule has 2 nitrogen and oxygen atoms in total. The Kier molecular flexibility index (Phi) is 4.90. The molecule has 14 heavy (non-hydrogen) atoms. The molecular formula is C12H25NO. The van der Waals surface area contributed by atoms with Gasteiger partial charge in [0.2, 0.25) is 0 Å². The minimum atomic E-state index is 0.176. The molecule has 0 saturated carbocycles. The Bertz CT molecular complexity index is 143. The fourth-order valence-corrected chi connectivity index (χ4v) is 2.47. The molecule has 0 aromatic heterocycles. The Morgan fingerprint density at radius 3 is 2.07 bits per heavy atom. The van der Waals surface area contributed by atoms with Crippen molar-refractivity contribution in [3.63, 3.8) is 0 Å². The molecule has 0 atom stereocenters. The fourth-order valence-electron chi connectivity index (χ4n) is 2.47. The van der Waals surface area contributed by atoms with Crippen LogP contribution in [-0.2, 0) is 4.74 Å². The highest BCUT2D eigenvalue weighted by atomic mass is 16.5. The van der Waals surface area contributed by atoms with Crippen molar-refractivity contribution in [2.24, 2.45) is 5.92 Å². The summed E-state index contributed by atoms with van der Waals surface area (Å²) >= 11 is 0. The maximum atomic E-state index is 5.63. The first-order valence-corrected chi connectivity index (χ1v) is 6.02. The van der Waals surface area contributed by atoms with Crippen LogP contribution in [0.5, 0.6) is 0 Å². The van der Waals surface area contributed by atoms with Gasteiger partial charge in [0.05, 0.1) is 5.60 Å². The summed E-state index contributed by atoms with van der Waals surface area (Å²) in [6, 6.07) is 0. The van der Waals surface area contributed by atoms with Gasteiger partial charge in [-0.2, -0.15) is 0 Å². The van der Waals surface area contributed by atoms with Gasteiger partial charge in [-0.3, -0.25) is 0 Å². The summed E-state index contributed by atoms with van der Waals surface area (Å²) in [4.78, 5) is 0. The highest BCUT2D eigenvalue weighted by Gasteiger charge is 2.38. The van der Waals surface area contributed by atoms with Crippen LogP contribution >= 0.6 is 0 Å². The minimum absolute atomic E-state index is 0.176. The SMILES string of the molecule is CCCC(CCC)CC1(OC)CNC1. The van der Waals surface area contributed by atoms with Gasteiger partial charge in [0.25, 0.3) is 0 Å². The van der Waals surface area contributed by atoms with E-state index in [2.05, 4.69) is 19.2 Å². The first-order chi connectivity index (χ1) is 6.76. The molecule has 0 aromatic carbocycles.